The van der Waals surface area contributed by atoms with Crippen LogP contribution in [-0.2, 0) is 6.42 Å². The molecule has 0 unspecified atom stereocenters. The van der Waals surface area contributed by atoms with Crippen molar-refractivity contribution < 1.29 is 0 Å². The molecule has 0 aliphatic heterocycles. The third-order valence-electron chi connectivity index (χ3n) is 4.01. The fourth-order valence-electron chi connectivity index (χ4n) is 3.20. The molecule has 3 aromatic rings. The molecule has 0 saturated heterocycles. The lowest BCUT2D eigenvalue weighted by Gasteiger charge is -2.08. The van der Waals surface area contributed by atoms with Gasteiger partial charge in [-0.1, -0.05) is 54.6 Å². The van der Waals surface area contributed by atoms with Crippen LogP contribution in [0.2, 0.25) is 0 Å². The van der Waals surface area contributed by atoms with Crippen LogP contribution in [0.5, 0.6) is 0 Å². The molecule has 0 bridgehead atoms. The molecule has 0 aromatic heterocycles. The molecule has 0 spiro atoms. The first kappa shape index (κ1) is 9.90. The van der Waals surface area contributed by atoms with Crippen molar-refractivity contribution in [1.82, 2.24) is 0 Å². The zero-order valence-corrected chi connectivity index (χ0v) is 10.4. The van der Waals surface area contributed by atoms with Crippen LogP contribution in [0.4, 0.5) is 0 Å². The Morgan fingerprint density at radius 3 is 2.50 bits per heavy atom. The highest BCUT2D eigenvalue weighted by molar-refractivity contribution is 6.01. The molecular formula is C18H14. The zero-order valence-electron chi connectivity index (χ0n) is 10.4. The van der Waals surface area contributed by atoms with Crippen molar-refractivity contribution in [2.24, 2.45) is 0 Å². The Hall–Kier alpha value is -2.08. The van der Waals surface area contributed by atoms with Gasteiger partial charge in [0.25, 0.3) is 0 Å². The van der Waals surface area contributed by atoms with Crippen LogP contribution in [0.15, 0.2) is 54.6 Å². The Morgan fingerprint density at radius 1 is 0.722 bits per heavy atom. The molecule has 1 aliphatic rings. The maximum Gasteiger partial charge on any atom is -0.00131 e. The molecule has 0 fully saturated rings. The van der Waals surface area contributed by atoms with E-state index in [0.29, 0.717) is 0 Å². The molecule has 0 heterocycles. The summed E-state index contributed by atoms with van der Waals surface area (Å²) in [6, 6.07) is 19.9. The predicted molar refractivity (Wildman–Crippen MR) is 76.9 cm³/mol. The molecule has 0 heteroatoms. The van der Waals surface area contributed by atoms with E-state index in [0.717, 1.165) is 6.42 Å². The molecule has 1 aliphatic carbocycles. The molecule has 0 saturated carbocycles. The van der Waals surface area contributed by atoms with Crippen molar-refractivity contribution in [2.45, 2.75) is 13.3 Å². The standard InChI is InChI=1S/C18H14/c1-12-5-4-7-14-11-15-10-9-13-6-2-3-8-16(13)18(15)17(12)14/h2-10H,11H2,1H3. The van der Waals surface area contributed by atoms with Gasteiger partial charge in [0.05, 0.1) is 0 Å². The summed E-state index contributed by atoms with van der Waals surface area (Å²) in [6.45, 7) is 2.22. The summed E-state index contributed by atoms with van der Waals surface area (Å²) in [7, 11) is 0. The quantitative estimate of drug-likeness (QED) is 0.410. The maximum atomic E-state index is 2.29. The van der Waals surface area contributed by atoms with Crippen LogP contribution >= 0.6 is 0 Å². The summed E-state index contributed by atoms with van der Waals surface area (Å²) in [5, 5.41) is 2.73. The van der Waals surface area contributed by atoms with Crippen molar-refractivity contribution in [3.05, 3.63) is 71.3 Å². The lowest BCUT2D eigenvalue weighted by Crippen LogP contribution is -1.84. The van der Waals surface area contributed by atoms with Crippen molar-refractivity contribution in [1.29, 1.82) is 0 Å². The molecule has 3 aromatic carbocycles. The highest BCUT2D eigenvalue weighted by atomic mass is 14.2. The third-order valence-corrected chi connectivity index (χ3v) is 4.01. The molecule has 0 atom stereocenters. The first-order valence-corrected chi connectivity index (χ1v) is 6.44. The Bertz CT molecular complexity index is 766. The van der Waals surface area contributed by atoms with Gasteiger partial charge in [-0.15, -0.1) is 0 Å². The summed E-state index contributed by atoms with van der Waals surface area (Å²) >= 11 is 0. The summed E-state index contributed by atoms with van der Waals surface area (Å²) < 4.78 is 0. The lowest BCUT2D eigenvalue weighted by molar-refractivity contribution is 1.26. The summed E-state index contributed by atoms with van der Waals surface area (Å²) in [5.41, 5.74) is 7.26. The highest BCUT2D eigenvalue weighted by Crippen LogP contribution is 2.42. The van der Waals surface area contributed by atoms with Crippen LogP contribution in [0.3, 0.4) is 0 Å². The van der Waals surface area contributed by atoms with E-state index in [1.807, 2.05) is 0 Å². The van der Waals surface area contributed by atoms with Crippen LogP contribution in [0, 0.1) is 6.92 Å². The first-order valence-electron chi connectivity index (χ1n) is 6.44. The number of rotatable bonds is 0. The van der Waals surface area contributed by atoms with Crippen LogP contribution in [0.25, 0.3) is 21.9 Å². The van der Waals surface area contributed by atoms with E-state index in [1.54, 1.807) is 0 Å². The van der Waals surface area contributed by atoms with Gasteiger partial charge >= 0.3 is 0 Å². The van der Waals surface area contributed by atoms with Crippen LogP contribution in [0.1, 0.15) is 16.7 Å². The van der Waals surface area contributed by atoms with Gasteiger partial charge in [-0.05, 0) is 51.9 Å². The summed E-state index contributed by atoms with van der Waals surface area (Å²) in [6.07, 6.45) is 1.08. The van der Waals surface area contributed by atoms with Crippen molar-refractivity contribution in [2.75, 3.05) is 0 Å². The molecular weight excluding hydrogens is 216 g/mol. The fourth-order valence-corrected chi connectivity index (χ4v) is 3.20. The predicted octanol–water partition coefficient (Wildman–Crippen LogP) is 4.72. The fraction of sp³-hybridized carbons (Fsp3) is 0.111. The SMILES string of the molecule is Cc1cccc2c1-c1c(ccc3ccccc13)C2. The van der Waals surface area contributed by atoms with E-state index >= 15 is 0 Å². The minimum absolute atomic E-state index is 1.08. The van der Waals surface area contributed by atoms with E-state index < -0.39 is 0 Å². The van der Waals surface area contributed by atoms with Gasteiger partial charge in [-0.3, -0.25) is 0 Å². The lowest BCUT2D eigenvalue weighted by atomic mass is 9.95. The van der Waals surface area contributed by atoms with Crippen molar-refractivity contribution in [3.8, 4) is 11.1 Å². The van der Waals surface area contributed by atoms with Crippen LogP contribution in [-0.4, -0.2) is 0 Å². The Morgan fingerprint density at radius 2 is 1.56 bits per heavy atom. The second-order valence-corrected chi connectivity index (χ2v) is 5.11. The monoisotopic (exact) mass is 230 g/mol. The van der Waals surface area contributed by atoms with Crippen LogP contribution < -0.4 is 0 Å². The maximum absolute atomic E-state index is 2.29. The summed E-state index contributed by atoms with van der Waals surface area (Å²) in [5.74, 6) is 0. The Labute approximate surface area is 107 Å². The van der Waals surface area contributed by atoms with Gasteiger partial charge in [0.2, 0.25) is 0 Å². The smallest absolute Gasteiger partial charge is 0.00131 e. The van der Waals surface area contributed by atoms with Crippen molar-refractivity contribution >= 4 is 10.8 Å². The number of hydrogen-bond donors (Lipinski definition) is 0. The molecule has 86 valence electrons. The van der Waals surface area contributed by atoms with E-state index in [9.17, 15) is 0 Å². The van der Waals surface area contributed by atoms with Gasteiger partial charge in [-0.25, -0.2) is 0 Å². The second-order valence-electron chi connectivity index (χ2n) is 5.11. The molecule has 0 amide bonds. The Balaban J connectivity index is 2.18. The zero-order chi connectivity index (χ0) is 12.1. The van der Waals surface area contributed by atoms with Gasteiger partial charge in [0, 0.05) is 0 Å². The van der Waals surface area contributed by atoms with Gasteiger partial charge in [0.15, 0.2) is 0 Å². The van der Waals surface area contributed by atoms with Gasteiger partial charge < -0.3 is 0 Å². The molecule has 0 nitrogen and oxygen atoms in total. The number of fused-ring (bicyclic) bond motifs is 5. The first-order chi connectivity index (χ1) is 8.84. The summed E-state index contributed by atoms with van der Waals surface area (Å²) in [4.78, 5) is 0. The van der Waals surface area contributed by atoms with E-state index in [4.69, 9.17) is 0 Å². The normalized spacial score (nSPS) is 12.5. The van der Waals surface area contributed by atoms with Gasteiger partial charge in [-0.2, -0.15) is 0 Å². The van der Waals surface area contributed by atoms with E-state index in [1.165, 1.54) is 38.6 Å². The number of hydrogen-bond acceptors (Lipinski definition) is 0. The average Bonchev–Trinajstić information content (AvgIpc) is 2.79. The topological polar surface area (TPSA) is 0 Å². The van der Waals surface area contributed by atoms with E-state index in [2.05, 4.69) is 61.5 Å². The Kier molecular flexibility index (Phi) is 1.90. The van der Waals surface area contributed by atoms with E-state index in [-0.39, 0.29) is 0 Å². The number of benzene rings is 3. The van der Waals surface area contributed by atoms with Crippen molar-refractivity contribution in [3.63, 3.8) is 0 Å². The molecule has 0 N–H and O–H groups in total. The second kappa shape index (κ2) is 3.46. The molecule has 4 rings (SSSR count). The average molecular weight is 230 g/mol. The third kappa shape index (κ3) is 1.20. The minimum Gasteiger partial charge on any atom is -0.0617 e. The van der Waals surface area contributed by atoms with Gasteiger partial charge in [0.1, 0.15) is 0 Å². The highest BCUT2D eigenvalue weighted by Gasteiger charge is 2.21. The molecule has 18 heavy (non-hydrogen) atoms. The minimum atomic E-state index is 1.08. The largest absolute Gasteiger partial charge is 0.0617 e. The number of aryl methyl sites for hydroxylation is 1. The molecule has 0 radical (unpaired) electrons.